The zero-order valence-corrected chi connectivity index (χ0v) is 11.5. The minimum Gasteiger partial charge on any atom is -0.372 e. The Bertz CT molecular complexity index is 432. The molecule has 1 saturated carbocycles. The highest BCUT2D eigenvalue weighted by Crippen LogP contribution is 2.33. The second kappa shape index (κ2) is 5.05. The predicted octanol–water partition coefficient (Wildman–Crippen LogP) is 3.56. The lowest BCUT2D eigenvalue weighted by atomic mass is 9.79. The van der Waals surface area contributed by atoms with Crippen LogP contribution in [0.25, 0.3) is 0 Å². The van der Waals surface area contributed by atoms with E-state index in [1.54, 1.807) is 0 Å². The minimum atomic E-state index is 0.508. The fourth-order valence-corrected chi connectivity index (χ4v) is 3.29. The molecule has 2 rings (SSSR count). The van der Waals surface area contributed by atoms with Gasteiger partial charge in [-0.1, -0.05) is 13.8 Å². The molecule has 1 aromatic heterocycles. The molecule has 3 unspecified atom stereocenters. The topological polar surface area (TPSA) is 48.7 Å². The molecule has 1 aliphatic rings. The quantitative estimate of drug-likeness (QED) is 0.871. The van der Waals surface area contributed by atoms with Crippen LogP contribution in [0.1, 0.15) is 44.4 Å². The summed E-state index contributed by atoms with van der Waals surface area (Å²) in [5.41, 5.74) is 1.57. The van der Waals surface area contributed by atoms with Crippen LogP contribution in [-0.2, 0) is 0 Å². The van der Waals surface area contributed by atoms with Crippen molar-refractivity contribution in [3.63, 3.8) is 0 Å². The van der Waals surface area contributed by atoms with Crippen molar-refractivity contribution in [3.8, 4) is 6.07 Å². The summed E-state index contributed by atoms with van der Waals surface area (Å²) in [6.45, 7) is 6.55. The van der Waals surface area contributed by atoms with Gasteiger partial charge < -0.3 is 5.32 Å². The van der Waals surface area contributed by atoms with Crippen LogP contribution in [0.2, 0.25) is 0 Å². The second-order valence-corrected chi connectivity index (χ2v) is 5.97. The van der Waals surface area contributed by atoms with Crippen molar-refractivity contribution >= 4 is 16.5 Å². The van der Waals surface area contributed by atoms with Gasteiger partial charge in [0, 0.05) is 6.04 Å². The van der Waals surface area contributed by atoms with Crippen molar-refractivity contribution in [2.45, 2.75) is 46.1 Å². The summed E-state index contributed by atoms with van der Waals surface area (Å²) in [5.74, 6) is 1.59. The fourth-order valence-electron chi connectivity index (χ4n) is 2.46. The first-order chi connectivity index (χ1) is 8.11. The van der Waals surface area contributed by atoms with E-state index in [0.717, 1.165) is 28.1 Å². The van der Waals surface area contributed by atoms with Gasteiger partial charge in [-0.05, 0) is 49.6 Å². The lowest BCUT2D eigenvalue weighted by Crippen LogP contribution is -2.30. The monoisotopic (exact) mass is 249 g/mol. The molecule has 17 heavy (non-hydrogen) atoms. The van der Waals surface area contributed by atoms with Gasteiger partial charge in [-0.2, -0.15) is 9.64 Å². The first kappa shape index (κ1) is 12.4. The molecule has 1 aromatic rings. The van der Waals surface area contributed by atoms with Crippen molar-refractivity contribution in [2.75, 3.05) is 5.32 Å². The van der Waals surface area contributed by atoms with Crippen LogP contribution in [0.5, 0.6) is 0 Å². The fraction of sp³-hybridized carbons (Fsp3) is 0.692. The maximum absolute atomic E-state index is 9.09. The van der Waals surface area contributed by atoms with E-state index < -0.39 is 0 Å². The van der Waals surface area contributed by atoms with Crippen LogP contribution < -0.4 is 5.32 Å². The lowest BCUT2D eigenvalue weighted by molar-refractivity contribution is 0.261. The molecule has 1 aliphatic carbocycles. The van der Waals surface area contributed by atoms with E-state index in [9.17, 15) is 0 Å². The Morgan fingerprint density at radius 1 is 1.35 bits per heavy atom. The maximum atomic E-state index is 9.09. The molecule has 4 heteroatoms. The van der Waals surface area contributed by atoms with Crippen LogP contribution in [0, 0.1) is 30.1 Å². The van der Waals surface area contributed by atoms with E-state index >= 15 is 0 Å². The Hall–Kier alpha value is -1.08. The largest absolute Gasteiger partial charge is 0.372 e. The average molecular weight is 249 g/mol. The van der Waals surface area contributed by atoms with Crippen LogP contribution in [0.15, 0.2) is 0 Å². The second-order valence-electron chi connectivity index (χ2n) is 5.19. The van der Waals surface area contributed by atoms with E-state index in [2.05, 4.69) is 29.6 Å². The molecular weight excluding hydrogens is 230 g/mol. The van der Waals surface area contributed by atoms with Gasteiger partial charge in [0.25, 0.3) is 0 Å². The van der Waals surface area contributed by atoms with E-state index in [1.165, 1.54) is 30.8 Å². The summed E-state index contributed by atoms with van der Waals surface area (Å²) in [5, 5.41) is 13.5. The highest BCUT2D eigenvalue weighted by Gasteiger charge is 2.25. The number of nitriles is 1. The SMILES string of the molecule is Cc1nsc(NC2CCC(C)C(C)C2)c1C#N. The third-order valence-electron chi connectivity index (χ3n) is 3.91. The van der Waals surface area contributed by atoms with Crippen molar-refractivity contribution in [1.82, 2.24) is 4.37 Å². The van der Waals surface area contributed by atoms with E-state index in [0.29, 0.717) is 6.04 Å². The van der Waals surface area contributed by atoms with Crippen LogP contribution in [0.3, 0.4) is 0 Å². The molecule has 1 heterocycles. The number of nitrogens with zero attached hydrogens (tertiary/aromatic N) is 2. The summed E-state index contributed by atoms with van der Waals surface area (Å²) in [4.78, 5) is 0. The van der Waals surface area contributed by atoms with Crippen molar-refractivity contribution < 1.29 is 0 Å². The molecule has 1 fully saturated rings. The summed E-state index contributed by atoms with van der Waals surface area (Å²) >= 11 is 1.41. The number of hydrogen-bond donors (Lipinski definition) is 1. The Labute approximate surface area is 107 Å². The molecule has 0 amide bonds. The molecule has 0 aliphatic heterocycles. The Kier molecular flexibility index (Phi) is 3.68. The summed E-state index contributed by atoms with van der Waals surface area (Å²) < 4.78 is 4.24. The Balaban J connectivity index is 2.04. The Morgan fingerprint density at radius 2 is 2.12 bits per heavy atom. The van der Waals surface area contributed by atoms with E-state index in [4.69, 9.17) is 5.26 Å². The average Bonchev–Trinajstić information content (AvgIpc) is 2.64. The van der Waals surface area contributed by atoms with Gasteiger partial charge in [-0.3, -0.25) is 0 Å². The summed E-state index contributed by atoms with van der Waals surface area (Å²) in [6, 6.07) is 2.75. The van der Waals surface area contributed by atoms with Gasteiger partial charge in [0.05, 0.1) is 5.69 Å². The van der Waals surface area contributed by atoms with Crippen molar-refractivity contribution in [2.24, 2.45) is 11.8 Å². The summed E-state index contributed by atoms with van der Waals surface area (Å²) in [6.07, 6.45) is 3.68. The third kappa shape index (κ3) is 2.61. The highest BCUT2D eigenvalue weighted by atomic mass is 32.1. The van der Waals surface area contributed by atoms with Gasteiger partial charge in [0.2, 0.25) is 0 Å². The number of rotatable bonds is 2. The first-order valence-electron chi connectivity index (χ1n) is 6.24. The molecule has 3 atom stereocenters. The molecule has 0 aromatic carbocycles. The molecule has 0 bridgehead atoms. The van der Waals surface area contributed by atoms with Crippen LogP contribution >= 0.6 is 11.5 Å². The van der Waals surface area contributed by atoms with Gasteiger partial charge in [0.15, 0.2) is 0 Å². The minimum absolute atomic E-state index is 0.508. The van der Waals surface area contributed by atoms with Gasteiger partial charge in [0.1, 0.15) is 16.6 Å². The molecule has 0 spiro atoms. The zero-order chi connectivity index (χ0) is 12.4. The lowest BCUT2D eigenvalue weighted by Gasteiger charge is -2.32. The van der Waals surface area contributed by atoms with Gasteiger partial charge in [-0.25, -0.2) is 0 Å². The molecule has 3 nitrogen and oxygen atoms in total. The van der Waals surface area contributed by atoms with Crippen molar-refractivity contribution in [3.05, 3.63) is 11.3 Å². The molecule has 0 radical (unpaired) electrons. The van der Waals surface area contributed by atoms with E-state index in [-0.39, 0.29) is 0 Å². The Morgan fingerprint density at radius 3 is 2.76 bits per heavy atom. The number of hydrogen-bond acceptors (Lipinski definition) is 4. The first-order valence-corrected chi connectivity index (χ1v) is 7.02. The standard InChI is InChI=1S/C13H19N3S/c1-8-4-5-11(6-9(8)2)15-13-12(7-14)10(3)16-17-13/h8-9,11,15H,4-6H2,1-3H3. The zero-order valence-electron chi connectivity index (χ0n) is 10.7. The number of aryl methyl sites for hydroxylation is 1. The number of anilines is 1. The molecule has 1 N–H and O–H groups in total. The maximum Gasteiger partial charge on any atom is 0.127 e. The van der Waals surface area contributed by atoms with Crippen LogP contribution in [0.4, 0.5) is 5.00 Å². The van der Waals surface area contributed by atoms with Crippen molar-refractivity contribution in [1.29, 1.82) is 5.26 Å². The number of nitrogens with one attached hydrogen (secondary N) is 1. The van der Waals surface area contributed by atoms with Gasteiger partial charge in [-0.15, -0.1) is 0 Å². The van der Waals surface area contributed by atoms with Gasteiger partial charge >= 0.3 is 0 Å². The highest BCUT2D eigenvalue weighted by molar-refractivity contribution is 7.10. The molecule has 92 valence electrons. The predicted molar refractivity (Wildman–Crippen MR) is 71.2 cm³/mol. The number of aromatic nitrogens is 1. The van der Waals surface area contributed by atoms with E-state index in [1.807, 2.05) is 6.92 Å². The molecule has 0 saturated heterocycles. The molecular formula is C13H19N3S. The summed E-state index contributed by atoms with van der Waals surface area (Å²) in [7, 11) is 0. The smallest absolute Gasteiger partial charge is 0.127 e. The third-order valence-corrected chi connectivity index (χ3v) is 4.78. The van der Waals surface area contributed by atoms with Crippen LogP contribution in [-0.4, -0.2) is 10.4 Å². The normalized spacial score (nSPS) is 28.7.